The first-order valence-corrected chi connectivity index (χ1v) is 5.93. The van der Waals surface area contributed by atoms with Crippen LogP contribution in [0, 0.1) is 10.1 Å². The maximum atomic E-state index is 10.8. The Morgan fingerprint density at radius 3 is 2.44 bits per heavy atom. The van der Waals surface area contributed by atoms with Gasteiger partial charge in [-0.15, -0.1) is 0 Å². The second-order valence-electron chi connectivity index (χ2n) is 3.61. The molecule has 0 amide bonds. The van der Waals surface area contributed by atoms with Crippen LogP contribution in [0.2, 0.25) is 0 Å². The predicted molar refractivity (Wildman–Crippen MR) is 71.6 cm³/mol. The van der Waals surface area contributed by atoms with E-state index in [0.29, 0.717) is 11.5 Å². The minimum Gasteiger partial charge on any atom is -0.357 e. The summed E-state index contributed by atoms with van der Waals surface area (Å²) in [5.41, 5.74) is 0.712. The first kappa shape index (κ1) is 14.0. The van der Waals surface area contributed by atoms with Crippen LogP contribution < -0.4 is 10.6 Å². The number of aliphatic imine (C=N–C) groups is 1. The Morgan fingerprint density at radius 2 is 1.89 bits per heavy atom. The molecule has 1 aromatic rings. The molecule has 0 aromatic heterocycles. The average Bonchev–Trinajstić information content (AvgIpc) is 2.36. The molecule has 0 unspecified atom stereocenters. The molecular formula is C12H18N4O2. The van der Waals surface area contributed by atoms with Crippen LogP contribution in [-0.4, -0.2) is 24.0 Å². The normalized spacial score (nSPS) is 9.67. The van der Waals surface area contributed by atoms with Crippen LogP contribution >= 0.6 is 0 Å². The monoisotopic (exact) mass is 250 g/mol. The molecule has 2 N–H and O–H groups in total. The zero-order valence-electron chi connectivity index (χ0n) is 10.6. The molecule has 0 heterocycles. The molecule has 98 valence electrons. The van der Waals surface area contributed by atoms with Gasteiger partial charge in [-0.3, -0.25) is 10.1 Å². The van der Waals surface area contributed by atoms with Gasteiger partial charge in [-0.1, -0.05) is 18.2 Å². The highest BCUT2D eigenvalue weighted by molar-refractivity contribution is 5.79. The second-order valence-corrected chi connectivity index (χ2v) is 3.61. The summed E-state index contributed by atoms with van der Waals surface area (Å²) in [6.07, 6.45) is 0. The lowest BCUT2D eigenvalue weighted by atomic mass is 10.2. The van der Waals surface area contributed by atoms with E-state index in [1.165, 1.54) is 6.07 Å². The van der Waals surface area contributed by atoms with Crippen LogP contribution in [0.5, 0.6) is 0 Å². The molecule has 0 bridgehead atoms. The Morgan fingerprint density at radius 1 is 1.28 bits per heavy atom. The van der Waals surface area contributed by atoms with Crippen molar-refractivity contribution in [2.24, 2.45) is 4.99 Å². The fraction of sp³-hybridized carbons (Fsp3) is 0.417. The molecular weight excluding hydrogens is 232 g/mol. The molecule has 0 aliphatic carbocycles. The zero-order chi connectivity index (χ0) is 13.4. The smallest absolute Gasteiger partial charge is 0.274 e. The van der Waals surface area contributed by atoms with Gasteiger partial charge in [-0.25, -0.2) is 4.99 Å². The maximum Gasteiger partial charge on any atom is 0.274 e. The van der Waals surface area contributed by atoms with E-state index in [4.69, 9.17) is 0 Å². The molecule has 18 heavy (non-hydrogen) atoms. The third kappa shape index (κ3) is 4.04. The van der Waals surface area contributed by atoms with E-state index in [1.807, 2.05) is 13.8 Å². The van der Waals surface area contributed by atoms with E-state index in [2.05, 4.69) is 15.6 Å². The molecule has 0 saturated carbocycles. The summed E-state index contributed by atoms with van der Waals surface area (Å²) in [7, 11) is 0. The minimum absolute atomic E-state index is 0.105. The molecule has 0 radical (unpaired) electrons. The number of hydrogen-bond acceptors (Lipinski definition) is 3. The van der Waals surface area contributed by atoms with E-state index in [-0.39, 0.29) is 17.2 Å². The van der Waals surface area contributed by atoms with Gasteiger partial charge in [0.25, 0.3) is 5.69 Å². The molecule has 6 nitrogen and oxygen atoms in total. The lowest BCUT2D eigenvalue weighted by Crippen LogP contribution is -2.36. The van der Waals surface area contributed by atoms with Gasteiger partial charge in [0.05, 0.1) is 17.0 Å². The third-order valence-corrected chi connectivity index (χ3v) is 2.28. The number of nitrogens with one attached hydrogen (secondary N) is 2. The van der Waals surface area contributed by atoms with Gasteiger partial charge in [-0.05, 0) is 13.8 Å². The standard InChI is InChI=1S/C12H18N4O2/c1-3-13-12(14-4-2)15-9-10-7-5-6-8-11(10)16(17)18/h5-8H,3-4,9H2,1-2H3,(H2,13,14,15). The Kier molecular flexibility index (Phi) is 5.63. The number of benzene rings is 1. The Hall–Kier alpha value is -2.11. The number of hydrogen-bond donors (Lipinski definition) is 2. The molecule has 0 fully saturated rings. The average molecular weight is 250 g/mol. The highest BCUT2D eigenvalue weighted by Crippen LogP contribution is 2.18. The van der Waals surface area contributed by atoms with Crippen molar-refractivity contribution in [3.05, 3.63) is 39.9 Å². The largest absolute Gasteiger partial charge is 0.357 e. The SMILES string of the molecule is CCNC(=NCc1ccccc1[N+](=O)[O-])NCC. The molecule has 1 aromatic carbocycles. The lowest BCUT2D eigenvalue weighted by Gasteiger charge is -2.09. The third-order valence-electron chi connectivity index (χ3n) is 2.28. The summed E-state index contributed by atoms with van der Waals surface area (Å²) >= 11 is 0. The Bertz CT molecular complexity index is 424. The highest BCUT2D eigenvalue weighted by atomic mass is 16.6. The van der Waals surface area contributed by atoms with Gasteiger partial charge in [0.15, 0.2) is 5.96 Å². The fourth-order valence-corrected chi connectivity index (χ4v) is 1.50. The summed E-state index contributed by atoms with van der Waals surface area (Å²) in [6, 6.07) is 6.64. The van der Waals surface area contributed by atoms with Gasteiger partial charge in [0.2, 0.25) is 0 Å². The van der Waals surface area contributed by atoms with E-state index >= 15 is 0 Å². The number of para-hydroxylation sites is 1. The van der Waals surface area contributed by atoms with Gasteiger partial charge < -0.3 is 10.6 Å². The summed E-state index contributed by atoms with van der Waals surface area (Å²) < 4.78 is 0. The van der Waals surface area contributed by atoms with Crippen molar-refractivity contribution in [3.63, 3.8) is 0 Å². The second kappa shape index (κ2) is 7.26. The maximum absolute atomic E-state index is 10.8. The summed E-state index contributed by atoms with van der Waals surface area (Å²) in [5.74, 6) is 0.665. The summed E-state index contributed by atoms with van der Waals surface area (Å²) in [5, 5.41) is 17.0. The Balaban J connectivity index is 2.83. The molecule has 0 atom stereocenters. The summed E-state index contributed by atoms with van der Waals surface area (Å²) in [4.78, 5) is 14.8. The van der Waals surface area contributed by atoms with Gasteiger partial charge in [0, 0.05) is 19.2 Å². The van der Waals surface area contributed by atoms with Crippen LogP contribution in [-0.2, 0) is 6.54 Å². The number of nitro groups is 1. The quantitative estimate of drug-likeness (QED) is 0.360. The van der Waals surface area contributed by atoms with Crippen molar-refractivity contribution < 1.29 is 4.92 Å². The van der Waals surface area contributed by atoms with Crippen LogP contribution in [0.4, 0.5) is 5.69 Å². The van der Waals surface area contributed by atoms with Crippen molar-refractivity contribution in [1.29, 1.82) is 0 Å². The van der Waals surface area contributed by atoms with E-state index in [9.17, 15) is 10.1 Å². The van der Waals surface area contributed by atoms with Crippen molar-refractivity contribution in [1.82, 2.24) is 10.6 Å². The van der Waals surface area contributed by atoms with Crippen molar-refractivity contribution in [2.75, 3.05) is 13.1 Å². The molecule has 0 aliphatic heterocycles. The first-order chi connectivity index (χ1) is 8.69. The zero-order valence-corrected chi connectivity index (χ0v) is 10.6. The fourth-order valence-electron chi connectivity index (χ4n) is 1.50. The molecule has 6 heteroatoms. The van der Waals surface area contributed by atoms with Crippen LogP contribution in [0.1, 0.15) is 19.4 Å². The van der Waals surface area contributed by atoms with Gasteiger partial charge in [0.1, 0.15) is 0 Å². The molecule has 0 aliphatic rings. The Labute approximate surface area is 106 Å². The van der Waals surface area contributed by atoms with E-state index in [1.54, 1.807) is 18.2 Å². The van der Waals surface area contributed by atoms with Gasteiger partial charge in [-0.2, -0.15) is 0 Å². The topological polar surface area (TPSA) is 79.6 Å². The molecule has 0 saturated heterocycles. The van der Waals surface area contributed by atoms with E-state index < -0.39 is 0 Å². The first-order valence-electron chi connectivity index (χ1n) is 5.93. The van der Waals surface area contributed by atoms with Crippen LogP contribution in [0.3, 0.4) is 0 Å². The van der Waals surface area contributed by atoms with Crippen LogP contribution in [0.25, 0.3) is 0 Å². The lowest BCUT2D eigenvalue weighted by molar-refractivity contribution is -0.385. The molecule has 1 rings (SSSR count). The number of guanidine groups is 1. The number of nitrogens with zero attached hydrogens (tertiary/aromatic N) is 2. The van der Waals surface area contributed by atoms with Crippen LogP contribution in [0.15, 0.2) is 29.3 Å². The number of nitro benzene ring substituents is 1. The van der Waals surface area contributed by atoms with Crippen molar-refractivity contribution in [2.45, 2.75) is 20.4 Å². The predicted octanol–water partition coefficient (Wildman–Crippen LogP) is 1.67. The van der Waals surface area contributed by atoms with E-state index in [0.717, 1.165) is 13.1 Å². The van der Waals surface area contributed by atoms with Gasteiger partial charge >= 0.3 is 0 Å². The molecule has 0 spiro atoms. The van der Waals surface area contributed by atoms with Crippen molar-refractivity contribution in [3.8, 4) is 0 Å². The highest BCUT2D eigenvalue weighted by Gasteiger charge is 2.11. The number of rotatable bonds is 5. The summed E-state index contributed by atoms with van der Waals surface area (Å²) in [6.45, 7) is 5.73. The minimum atomic E-state index is -0.384. The van der Waals surface area contributed by atoms with Crippen molar-refractivity contribution >= 4 is 11.6 Å².